The summed E-state index contributed by atoms with van der Waals surface area (Å²) in [5.41, 5.74) is 1.82. The Bertz CT molecular complexity index is 417. The molecular formula is C14H20N2O3. The number of ether oxygens (including phenoxy) is 1. The molecule has 1 heterocycles. The highest BCUT2D eigenvalue weighted by Crippen LogP contribution is 2.10. The van der Waals surface area contributed by atoms with Gasteiger partial charge in [-0.05, 0) is 24.0 Å². The molecule has 5 nitrogen and oxygen atoms in total. The van der Waals surface area contributed by atoms with Crippen LogP contribution >= 0.6 is 0 Å². The van der Waals surface area contributed by atoms with Gasteiger partial charge in [0.15, 0.2) is 0 Å². The predicted molar refractivity (Wildman–Crippen MR) is 71.6 cm³/mol. The van der Waals surface area contributed by atoms with E-state index in [9.17, 15) is 4.79 Å². The summed E-state index contributed by atoms with van der Waals surface area (Å²) in [4.78, 5) is 11.6. The number of carbonyl (C=O) groups excluding carboxylic acids is 1. The van der Waals surface area contributed by atoms with Crippen molar-refractivity contribution < 1.29 is 14.6 Å². The van der Waals surface area contributed by atoms with Gasteiger partial charge in [-0.1, -0.05) is 24.3 Å². The van der Waals surface area contributed by atoms with Gasteiger partial charge in [-0.3, -0.25) is 0 Å². The molecule has 1 aliphatic rings. The Kier molecular flexibility index (Phi) is 5.18. The maximum absolute atomic E-state index is 11.6. The third-order valence-corrected chi connectivity index (χ3v) is 3.14. The van der Waals surface area contributed by atoms with Crippen LogP contribution in [0, 0.1) is 0 Å². The molecule has 1 atom stereocenters. The number of aliphatic hydroxyl groups excluding tert-OH is 1. The predicted octanol–water partition coefficient (Wildman–Crippen LogP) is 1.16. The van der Waals surface area contributed by atoms with E-state index < -0.39 is 0 Å². The second kappa shape index (κ2) is 7.11. The second-order valence-electron chi connectivity index (χ2n) is 4.68. The summed E-state index contributed by atoms with van der Waals surface area (Å²) in [6.45, 7) is 1.81. The van der Waals surface area contributed by atoms with Gasteiger partial charge >= 0.3 is 6.03 Å². The van der Waals surface area contributed by atoms with Crippen molar-refractivity contribution in [2.45, 2.75) is 32.1 Å². The van der Waals surface area contributed by atoms with Crippen molar-refractivity contribution in [3.05, 3.63) is 35.4 Å². The van der Waals surface area contributed by atoms with Crippen LogP contribution in [0.3, 0.4) is 0 Å². The first-order valence-corrected chi connectivity index (χ1v) is 6.60. The van der Waals surface area contributed by atoms with Gasteiger partial charge < -0.3 is 20.5 Å². The Morgan fingerprint density at radius 1 is 1.37 bits per heavy atom. The van der Waals surface area contributed by atoms with Crippen LogP contribution in [0.2, 0.25) is 0 Å². The Labute approximate surface area is 113 Å². The zero-order valence-corrected chi connectivity index (χ0v) is 10.9. The van der Waals surface area contributed by atoms with Crippen molar-refractivity contribution in [3.8, 4) is 0 Å². The van der Waals surface area contributed by atoms with Gasteiger partial charge in [-0.25, -0.2) is 4.79 Å². The smallest absolute Gasteiger partial charge is 0.315 e. The number of urea groups is 1. The van der Waals surface area contributed by atoms with Gasteiger partial charge in [0, 0.05) is 19.7 Å². The van der Waals surface area contributed by atoms with E-state index in [2.05, 4.69) is 10.6 Å². The number of amides is 2. The van der Waals surface area contributed by atoms with Gasteiger partial charge in [0.1, 0.15) is 0 Å². The van der Waals surface area contributed by atoms with E-state index in [1.807, 2.05) is 24.3 Å². The monoisotopic (exact) mass is 264 g/mol. The number of aliphatic hydroxyl groups is 1. The summed E-state index contributed by atoms with van der Waals surface area (Å²) < 4.78 is 5.43. The van der Waals surface area contributed by atoms with Gasteiger partial charge in [0.05, 0.1) is 12.7 Å². The molecule has 0 aromatic heterocycles. The average Bonchev–Trinajstić information content (AvgIpc) is 2.96. The quantitative estimate of drug-likeness (QED) is 0.747. The van der Waals surface area contributed by atoms with Crippen LogP contribution in [-0.4, -0.2) is 30.4 Å². The third-order valence-electron chi connectivity index (χ3n) is 3.14. The third kappa shape index (κ3) is 4.54. The minimum absolute atomic E-state index is 0.0130. The summed E-state index contributed by atoms with van der Waals surface area (Å²) in [6, 6.07) is 7.32. The molecule has 104 valence electrons. The highest BCUT2D eigenvalue weighted by molar-refractivity contribution is 5.73. The van der Waals surface area contributed by atoms with Crippen LogP contribution in [0.5, 0.6) is 0 Å². The van der Waals surface area contributed by atoms with E-state index in [1.54, 1.807) is 0 Å². The molecule has 0 saturated carbocycles. The molecule has 1 aromatic carbocycles. The van der Waals surface area contributed by atoms with Gasteiger partial charge in [-0.15, -0.1) is 0 Å². The van der Waals surface area contributed by atoms with Crippen LogP contribution < -0.4 is 10.6 Å². The molecule has 1 aromatic rings. The fraction of sp³-hybridized carbons (Fsp3) is 0.500. The first kappa shape index (κ1) is 13.8. The van der Waals surface area contributed by atoms with Crippen LogP contribution in [-0.2, 0) is 17.9 Å². The van der Waals surface area contributed by atoms with E-state index in [1.165, 1.54) is 0 Å². The fourth-order valence-electron chi connectivity index (χ4n) is 2.09. The number of benzene rings is 1. The highest BCUT2D eigenvalue weighted by atomic mass is 16.5. The summed E-state index contributed by atoms with van der Waals surface area (Å²) in [7, 11) is 0. The summed E-state index contributed by atoms with van der Waals surface area (Å²) in [5, 5.41) is 14.6. The molecule has 3 N–H and O–H groups in total. The Hall–Kier alpha value is -1.59. The molecule has 0 aliphatic carbocycles. The number of hydrogen-bond donors (Lipinski definition) is 3. The largest absolute Gasteiger partial charge is 0.392 e. The molecule has 1 aliphatic heterocycles. The number of hydrogen-bond acceptors (Lipinski definition) is 3. The first-order chi connectivity index (χ1) is 9.28. The van der Waals surface area contributed by atoms with Crippen molar-refractivity contribution >= 4 is 6.03 Å². The van der Waals surface area contributed by atoms with Crippen LogP contribution in [0.4, 0.5) is 4.79 Å². The fourth-order valence-corrected chi connectivity index (χ4v) is 2.09. The minimum atomic E-state index is -0.190. The lowest BCUT2D eigenvalue weighted by Crippen LogP contribution is -2.39. The lowest BCUT2D eigenvalue weighted by Gasteiger charge is -2.12. The summed E-state index contributed by atoms with van der Waals surface area (Å²) >= 11 is 0. The standard InChI is InChI=1S/C14H20N2O3/c17-10-12-4-1-3-11(7-12)8-15-14(18)16-9-13-5-2-6-19-13/h1,3-4,7,13,17H,2,5-6,8-10H2,(H2,15,16,18)/t13-/m0/s1. The lowest BCUT2D eigenvalue weighted by molar-refractivity contribution is 0.111. The molecule has 19 heavy (non-hydrogen) atoms. The molecule has 2 rings (SSSR count). The molecular weight excluding hydrogens is 244 g/mol. The maximum atomic E-state index is 11.6. The van der Waals surface area contributed by atoms with Gasteiger partial charge in [-0.2, -0.15) is 0 Å². The Balaban J connectivity index is 1.70. The Morgan fingerprint density at radius 3 is 2.95 bits per heavy atom. The van der Waals surface area contributed by atoms with E-state index >= 15 is 0 Å². The zero-order valence-electron chi connectivity index (χ0n) is 10.9. The molecule has 2 amide bonds. The molecule has 1 fully saturated rings. The SMILES string of the molecule is O=C(NCc1cccc(CO)c1)NC[C@@H]1CCCO1. The zero-order chi connectivity index (χ0) is 13.5. The number of rotatable bonds is 5. The number of nitrogens with one attached hydrogen (secondary N) is 2. The van der Waals surface area contributed by atoms with E-state index in [0.717, 1.165) is 30.6 Å². The van der Waals surface area contributed by atoms with Gasteiger partial charge in [0.2, 0.25) is 0 Å². The molecule has 0 bridgehead atoms. The molecule has 0 spiro atoms. The van der Waals surface area contributed by atoms with Crippen LogP contribution in [0.25, 0.3) is 0 Å². The van der Waals surface area contributed by atoms with Crippen LogP contribution in [0.1, 0.15) is 24.0 Å². The lowest BCUT2D eigenvalue weighted by atomic mass is 10.1. The first-order valence-electron chi connectivity index (χ1n) is 6.60. The number of carbonyl (C=O) groups is 1. The van der Waals surface area contributed by atoms with Crippen molar-refractivity contribution in [2.75, 3.05) is 13.2 Å². The van der Waals surface area contributed by atoms with Gasteiger partial charge in [0.25, 0.3) is 0 Å². The van der Waals surface area contributed by atoms with Crippen LogP contribution in [0.15, 0.2) is 24.3 Å². The van der Waals surface area contributed by atoms with E-state index in [4.69, 9.17) is 9.84 Å². The summed E-state index contributed by atoms with van der Waals surface area (Å²) in [5.74, 6) is 0. The van der Waals surface area contributed by atoms with E-state index in [-0.39, 0.29) is 18.7 Å². The summed E-state index contributed by atoms with van der Waals surface area (Å²) in [6.07, 6.45) is 2.24. The average molecular weight is 264 g/mol. The van der Waals surface area contributed by atoms with Crippen molar-refractivity contribution in [1.29, 1.82) is 0 Å². The molecule has 0 radical (unpaired) electrons. The molecule has 5 heteroatoms. The molecule has 1 saturated heterocycles. The van der Waals surface area contributed by atoms with Crippen molar-refractivity contribution in [3.63, 3.8) is 0 Å². The minimum Gasteiger partial charge on any atom is -0.392 e. The normalized spacial score (nSPS) is 18.3. The topological polar surface area (TPSA) is 70.6 Å². The second-order valence-corrected chi connectivity index (χ2v) is 4.68. The molecule has 0 unspecified atom stereocenters. The Morgan fingerprint density at radius 2 is 2.21 bits per heavy atom. The maximum Gasteiger partial charge on any atom is 0.315 e. The van der Waals surface area contributed by atoms with E-state index in [0.29, 0.717) is 13.1 Å². The van der Waals surface area contributed by atoms with Crippen molar-refractivity contribution in [2.24, 2.45) is 0 Å². The van der Waals surface area contributed by atoms with Crippen molar-refractivity contribution in [1.82, 2.24) is 10.6 Å². The highest BCUT2D eigenvalue weighted by Gasteiger charge is 2.15.